The van der Waals surface area contributed by atoms with E-state index in [-0.39, 0.29) is 23.6 Å². The molecule has 0 atom stereocenters. The highest BCUT2D eigenvalue weighted by molar-refractivity contribution is 6.31. The van der Waals surface area contributed by atoms with Gasteiger partial charge >= 0.3 is 0 Å². The van der Waals surface area contributed by atoms with Crippen LogP contribution in [0.4, 0.5) is 10.1 Å². The molecule has 23 heavy (non-hydrogen) atoms. The van der Waals surface area contributed by atoms with Crippen molar-refractivity contribution in [2.75, 3.05) is 11.9 Å². The van der Waals surface area contributed by atoms with E-state index < -0.39 is 17.6 Å². The summed E-state index contributed by atoms with van der Waals surface area (Å²) in [5.41, 5.74) is 5.63. The fourth-order valence-corrected chi connectivity index (χ4v) is 2.09. The lowest BCUT2D eigenvalue weighted by Gasteiger charge is -2.09. The first-order valence-corrected chi connectivity index (χ1v) is 7.07. The maximum atomic E-state index is 13.6. The number of nitrogens with one attached hydrogen (secondary N) is 1. The van der Waals surface area contributed by atoms with E-state index in [0.29, 0.717) is 11.4 Å². The smallest absolute Gasteiger partial charge is 0.255 e. The first-order valence-electron chi connectivity index (χ1n) is 6.69. The normalized spacial score (nSPS) is 10.2. The average Bonchev–Trinajstić information content (AvgIpc) is 2.50. The molecule has 0 bridgehead atoms. The number of benzene rings is 2. The van der Waals surface area contributed by atoms with Crippen LogP contribution in [0, 0.1) is 5.82 Å². The number of rotatable bonds is 6. The van der Waals surface area contributed by atoms with Crippen molar-refractivity contribution in [2.45, 2.75) is 6.42 Å². The molecule has 0 saturated carbocycles. The summed E-state index contributed by atoms with van der Waals surface area (Å²) in [4.78, 5) is 22.6. The van der Waals surface area contributed by atoms with Gasteiger partial charge in [-0.3, -0.25) is 9.59 Å². The molecule has 5 nitrogen and oxygen atoms in total. The van der Waals surface area contributed by atoms with Crippen LogP contribution in [-0.2, 0) is 16.0 Å². The maximum Gasteiger partial charge on any atom is 0.255 e. The molecule has 7 heteroatoms. The van der Waals surface area contributed by atoms with E-state index >= 15 is 0 Å². The summed E-state index contributed by atoms with van der Waals surface area (Å²) in [6.45, 7) is -0.225. The third-order valence-electron chi connectivity index (χ3n) is 2.92. The van der Waals surface area contributed by atoms with E-state index in [1.807, 2.05) is 0 Å². The molecule has 0 aliphatic heterocycles. The average molecular weight is 337 g/mol. The van der Waals surface area contributed by atoms with Crippen molar-refractivity contribution < 1.29 is 18.7 Å². The molecule has 2 aromatic carbocycles. The van der Waals surface area contributed by atoms with Crippen molar-refractivity contribution in [1.82, 2.24) is 0 Å². The number of carbonyl (C=O) groups excluding carboxylic acids is 2. The number of carbonyl (C=O) groups is 2. The van der Waals surface area contributed by atoms with E-state index in [2.05, 4.69) is 5.32 Å². The van der Waals surface area contributed by atoms with Gasteiger partial charge in [0.2, 0.25) is 5.91 Å². The molecule has 2 amide bonds. The SMILES string of the molecule is NC(=O)COc1ccc(NC(=O)Cc2c(F)cccc2Cl)cc1. The molecule has 0 saturated heterocycles. The number of halogens is 2. The zero-order valence-corrected chi connectivity index (χ0v) is 12.8. The molecule has 0 radical (unpaired) electrons. The second-order valence-corrected chi connectivity index (χ2v) is 5.11. The molecule has 2 rings (SSSR count). The van der Waals surface area contributed by atoms with Crippen LogP contribution in [0.5, 0.6) is 5.75 Å². The molecule has 0 aromatic heterocycles. The van der Waals surface area contributed by atoms with Crippen LogP contribution < -0.4 is 15.8 Å². The van der Waals surface area contributed by atoms with Crippen molar-refractivity contribution in [1.29, 1.82) is 0 Å². The zero-order chi connectivity index (χ0) is 16.8. The summed E-state index contributed by atoms with van der Waals surface area (Å²) in [5.74, 6) is -1.06. The minimum atomic E-state index is -0.579. The number of anilines is 1. The molecular formula is C16H14ClFN2O3. The second kappa shape index (κ2) is 7.60. The predicted octanol–water partition coefficient (Wildman–Crippen LogP) is 2.52. The van der Waals surface area contributed by atoms with Crippen LogP contribution in [0.2, 0.25) is 5.02 Å². The predicted molar refractivity (Wildman–Crippen MR) is 84.9 cm³/mol. The third kappa shape index (κ3) is 4.96. The summed E-state index contributed by atoms with van der Waals surface area (Å²) < 4.78 is 18.7. The Labute approximate surface area is 137 Å². The Balaban J connectivity index is 1.96. The summed E-state index contributed by atoms with van der Waals surface area (Å²) in [6.07, 6.45) is -0.175. The Bertz CT molecular complexity index is 700. The number of nitrogens with two attached hydrogens (primary N) is 1. The first-order chi connectivity index (χ1) is 11.0. The van der Waals surface area contributed by atoms with Crippen molar-refractivity contribution in [3.63, 3.8) is 0 Å². The van der Waals surface area contributed by atoms with Crippen molar-refractivity contribution in [3.8, 4) is 5.75 Å². The van der Waals surface area contributed by atoms with Gasteiger partial charge in [0.15, 0.2) is 6.61 Å². The van der Waals surface area contributed by atoms with E-state index in [1.54, 1.807) is 24.3 Å². The molecule has 0 aliphatic carbocycles. The van der Waals surface area contributed by atoms with Crippen LogP contribution in [0.15, 0.2) is 42.5 Å². The Morgan fingerprint density at radius 1 is 1.17 bits per heavy atom. The highest BCUT2D eigenvalue weighted by Gasteiger charge is 2.12. The number of primary amides is 1. The number of hydrogen-bond acceptors (Lipinski definition) is 3. The summed E-state index contributed by atoms with van der Waals surface area (Å²) in [6, 6.07) is 10.6. The van der Waals surface area contributed by atoms with Crippen LogP contribution in [-0.4, -0.2) is 18.4 Å². The van der Waals surface area contributed by atoms with Gasteiger partial charge in [0.25, 0.3) is 5.91 Å². The highest BCUT2D eigenvalue weighted by atomic mass is 35.5. The minimum Gasteiger partial charge on any atom is -0.484 e. The Morgan fingerprint density at radius 3 is 2.48 bits per heavy atom. The number of ether oxygens (including phenoxy) is 1. The first kappa shape index (κ1) is 16.8. The minimum absolute atomic E-state index is 0.146. The van der Waals surface area contributed by atoms with Crippen molar-refractivity contribution in [2.24, 2.45) is 5.73 Å². The molecule has 0 spiro atoms. The van der Waals surface area contributed by atoms with Crippen LogP contribution in [0.25, 0.3) is 0 Å². The van der Waals surface area contributed by atoms with Gasteiger partial charge < -0.3 is 15.8 Å². The van der Waals surface area contributed by atoms with Crippen LogP contribution >= 0.6 is 11.6 Å². The molecule has 3 N–H and O–H groups in total. The van der Waals surface area contributed by atoms with Gasteiger partial charge in [0, 0.05) is 16.3 Å². The lowest BCUT2D eigenvalue weighted by Crippen LogP contribution is -2.20. The van der Waals surface area contributed by atoms with E-state index in [4.69, 9.17) is 22.1 Å². The molecular weight excluding hydrogens is 323 g/mol. The van der Waals surface area contributed by atoms with Crippen molar-refractivity contribution >= 4 is 29.1 Å². The summed E-state index contributed by atoms with van der Waals surface area (Å²) in [7, 11) is 0. The van der Waals surface area contributed by atoms with Gasteiger partial charge in [-0.05, 0) is 36.4 Å². The molecule has 2 aromatic rings. The van der Waals surface area contributed by atoms with Gasteiger partial charge in [-0.25, -0.2) is 4.39 Å². The van der Waals surface area contributed by atoms with Gasteiger partial charge in [-0.2, -0.15) is 0 Å². The molecule has 0 heterocycles. The van der Waals surface area contributed by atoms with Crippen LogP contribution in [0.1, 0.15) is 5.56 Å². The topological polar surface area (TPSA) is 81.4 Å². The van der Waals surface area contributed by atoms with Crippen molar-refractivity contribution in [3.05, 3.63) is 58.9 Å². The van der Waals surface area contributed by atoms with Gasteiger partial charge in [0.05, 0.1) is 6.42 Å². The van der Waals surface area contributed by atoms with E-state index in [9.17, 15) is 14.0 Å². The lowest BCUT2D eigenvalue weighted by molar-refractivity contribution is -0.120. The molecule has 0 unspecified atom stereocenters. The lowest BCUT2D eigenvalue weighted by atomic mass is 10.1. The van der Waals surface area contributed by atoms with Gasteiger partial charge in [-0.1, -0.05) is 17.7 Å². The fraction of sp³-hybridized carbons (Fsp3) is 0.125. The monoisotopic (exact) mass is 336 g/mol. The maximum absolute atomic E-state index is 13.6. The Hall–Kier alpha value is -2.60. The van der Waals surface area contributed by atoms with Gasteiger partial charge in [-0.15, -0.1) is 0 Å². The quantitative estimate of drug-likeness (QED) is 0.850. The largest absolute Gasteiger partial charge is 0.484 e. The highest BCUT2D eigenvalue weighted by Crippen LogP contribution is 2.20. The number of hydrogen-bond donors (Lipinski definition) is 2. The second-order valence-electron chi connectivity index (χ2n) is 4.70. The Kier molecular flexibility index (Phi) is 5.54. The standard InChI is InChI=1S/C16H14ClFN2O3/c17-13-2-1-3-14(18)12(13)8-16(22)20-10-4-6-11(7-5-10)23-9-15(19)21/h1-7H,8-9H2,(H2,19,21)(H,20,22). The van der Waals surface area contributed by atoms with E-state index in [0.717, 1.165) is 0 Å². The zero-order valence-electron chi connectivity index (χ0n) is 12.0. The number of amides is 2. The summed E-state index contributed by atoms with van der Waals surface area (Å²) >= 11 is 5.88. The molecule has 120 valence electrons. The van der Waals surface area contributed by atoms with Gasteiger partial charge in [0.1, 0.15) is 11.6 Å². The molecule has 0 aliphatic rings. The Morgan fingerprint density at radius 2 is 1.87 bits per heavy atom. The summed E-state index contributed by atoms with van der Waals surface area (Å²) in [5, 5.41) is 2.83. The fourth-order valence-electron chi connectivity index (χ4n) is 1.86. The molecule has 0 fully saturated rings. The van der Waals surface area contributed by atoms with Crippen LogP contribution in [0.3, 0.4) is 0 Å². The third-order valence-corrected chi connectivity index (χ3v) is 3.27. The van der Waals surface area contributed by atoms with E-state index in [1.165, 1.54) is 18.2 Å².